The molecule has 2 bridgehead atoms. The summed E-state index contributed by atoms with van der Waals surface area (Å²) in [4.78, 5) is 0. The number of aliphatic hydroxyl groups excluding tert-OH is 1. The van der Waals surface area contributed by atoms with E-state index >= 15 is 0 Å². The molecule has 5 nitrogen and oxygen atoms in total. The van der Waals surface area contributed by atoms with Gasteiger partial charge in [-0.3, -0.25) is 0 Å². The summed E-state index contributed by atoms with van der Waals surface area (Å²) < 4.78 is 24.3. The molecule has 2 saturated heterocycles. The van der Waals surface area contributed by atoms with E-state index in [0.717, 1.165) is 0 Å². The molecule has 2 aliphatic rings. The van der Waals surface area contributed by atoms with Crippen LogP contribution in [0.25, 0.3) is 0 Å². The molecule has 31 heavy (non-hydrogen) atoms. The summed E-state index contributed by atoms with van der Waals surface area (Å²) >= 11 is 0. The van der Waals surface area contributed by atoms with E-state index in [-0.39, 0.29) is 48.9 Å². The predicted molar refractivity (Wildman–Crippen MR) is 118 cm³/mol. The van der Waals surface area contributed by atoms with Crippen molar-refractivity contribution in [2.75, 3.05) is 20.3 Å². The Bertz CT molecular complexity index is 805. The molecule has 2 heterocycles. The van der Waals surface area contributed by atoms with Crippen LogP contribution in [0.2, 0.25) is 5.04 Å². The number of fused-ring (bicyclic) bond motifs is 2. The Balaban J connectivity index is 0.00000272. The van der Waals surface area contributed by atoms with Gasteiger partial charge in [0, 0.05) is 38.2 Å². The number of hydrogen-bond acceptors (Lipinski definition) is 5. The van der Waals surface area contributed by atoms with Crippen LogP contribution in [0.15, 0.2) is 60.7 Å². The van der Waals surface area contributed by atoms with Crippen molar-refractivity contribution in [1.82, 2.24) is 0 Å². The summed E-state index contributed by atoms with van der Waals surface area (Å²) in [6, 6.07) is 20.9. The zero-order valence-electron chi connectivity index (χ0n) is 18.6. The van der Waals surface area contributed by atoms with Crippen LogP contribution in [-0.4, -0.2) is 57.7 Å². The summed E-state index contributed by atoms with van der Waals surface area (Å²) in [6.45, 7) is 8.85. The number of benzene rings is 2. The Morgan fingerprint density at radius 3 is 2.03 bits per heavy atom. The first-order chi connectivity index (χ1) is 14.3. The van der Waals surface area contributed by atoms with Crippen molar-refractivity contribution >= 4 is 18.7 Å². The smallest absolute Gasteiger partial charge is 0.261 e. The van der Waals surface area contributed by atoms with Crippen LogP contribution in [0.5, 0.6) is 0 Å². The topological polar surface area (TPSA) is 57.2 Å². The van der Waals surface area contributed by atoms with Crippen LogP contribution in [0.4, 0.5) is 0 Å². The van der Waals surface area contributed by atoms with Crippen LogP contribution >= 0.6 is 0 Å². The molecule has 4 rings (SSSR count). The summed E-state index contributed by atoms with van der Waals surface area (Å²) in [5.41, 5.74) is -0.965. The fourth-order valence-corrected chi connectivity index (χ4v) is 9.42. The van der Waals surface area contributed by atoms with E-state index in [0.29, 0.717) is 6.61 Å². The Morgan fingerprint density at radius 2 is 1.58 bits per heavy atom. The fraction of sp³-hybridized carbons (Fsp3) is 0.458. The second-order valence-electron chi connectivity index (χ2n) is 9.15. The molecule has 0 unspecified atom stereocenters. The molecular formula is C24H31O5SiU-. The third kappa shape index (κ3) is 4.25. The first kappa shape index (κ1) is 25.1. The number of rotatable bonds is 7. The van der Waals surface area contributed by atoms with Crippen LogP contribution in [0.3, 0.4) is 0 Å². The molecular weight excluding hydrogens is 634 g/mol. The van der Waals surface area contributed by atoms with Crippen molar-refractivity contribution in [3.63, 3.8) is 0 Å². The molecule has 0 spiro atoms. The van der Waals surface area contributed by atoms with Gasteiger partial charge in [0.05, 0.1) is 19.3 Å². The molecule has 2 aliphatic heterocycles. The molecule has 166 valence electrons. The average Bonchev–Trinajstić information content (AvgIpc) is 3.18. The molecule has 0 amide bonds. The summed E-state index contributed by atoms with van der Waals surface area (Å²) in [5, 5.41) is 13.1. The van der Waals surface area contributed by atoms with E-state index in [2.05, 4.69) is 69.3 Å². The largest absolute Gasteiger partial charge is 0.539 e. The number of methoxy groups -OCH3 is 1. The van der Waals surface area contributed by atoms with E-state index in [9.17, 15) is 5.11 Å². The van der Waals surface area contributed by atoms with Crippen LogP contribution in [-0.2, 0) is 18.6 Å². The Hall–Kier alpha value is -0.491. The molecule has 2 aromatic rings. The monoisotopic (exact) mass is 665 g/mol. The van der Waals surface area contributed by atoms with Crippen LogP contribution in [0.1, 0.15) is 20.8 Å². The molecule has 2 aromatic carbocycles. The minimum atomic E-state index is -2.75. The van der Waals surface area contributed by atoms with Crippen molar-refractivity contribution in [1.29, 1.82) is 0 Å². The first-order valence-electron chi connectivity index (χ1n) is 10.4. The maximum atomic E-state index is 10.9. The standard InChI is InChI=1S/C24H31O5Si.U/c1-23(2,3)30(18-11-7-5-8-12-18,19-13-9-6-10-14-19)28-17-24-21(16-26-4)29-20(15-27-24)22(24)25;/h5-15,20-22,25H,16-17H2,1-4H3;/q-1;/t20-,21+,22-,24-;/m0./s1. The van der Waals surface area contributed by atoms with E-state index in [4.69, 9.17) is 18.6 Å². The Kier molecular flexibility index (Phi) is 7.93. The number of aliphatic hydroxyl groups is 1. The summed E-state index contributed by atoms with van der Waals surface area (Å²) in [7, 11) is -1.12. The van der Waals surface area contributed by atoms with E-state index < -0.39 is 26.1 Å². The van der Waals surface area contributed by atoms with Gasteiger partial charge in [-0.1, -0.05) is 81.4 Å². The second kappa shape index (κ2) is 9.78. The quantitative estimate of drug-likeness (QED) is 0.364. The summed E-state index contributed by atoms with van der Waals surface area (Å²) in [6.07, 6.45) is -1.62. The molecule has 0 radical (unpaired) electrons. The van der Waals surface area contributed by atoms with E-state index in [1.165, 1.54) is 10.4 Å². The molecule has 0 aromatic heterocycles. The third-order valence-electron chi connectivity index (χ3n) is 6.35. The molecule has 0 saturated carbocycles. The van der Waals surface area contributed by atoms with Gasteiger partial charge >= 0.3 is 0 Å². The Labute approximate surface area is 209 Å². The molecule has 7 heteroatoms. The van der Waals surface area contributed by atoms with Crippen molar-refractivity contribution in [3.05, 3.63) is 67.3 Å². The Morgan fingerprint density at radius 1 is 1.03 bits per heavy atom. The van der Waals surface area contributed by atoms with Gasteiger partial charge in [0.2, 0.25) is 0 Å². The minimum Gasteiger partial charge on any atom is -0.539 e. The zero-order valence-corrected chi connectivity index (χ0v) is 23.7. The van der Waals surface area contributed by atoms with Crippen molar-refractivity contribution in [2.24, 2.45) is 0 Å². The van der Waals surface area contributed by atoms with Crippen molar-refractivity contribution < 1.29 is 54.9 Å². The van der Waals surface area contributed by atoms with Gasteiger partial charge in [0.15, 0.2) is 0 Å². The molecule has 1 N–H and O–H groups in total. The molecule has 0 aliphatic carbocycles. The minimum absolute atomic E-state index is 0. The number of hydrogen-bond donors (Lipinski definition) is 1. The normalized spacial score (nSPS) is 27.8. The van der Waals surface area contributed by atoms with E-state index in [1.54, 1.807) is 13.7 Å². The second-order valence-corrected chi connectivity index (χ2v) is 13.5. The number of ether oxygens (including phenoxy) is 3. The van der Waals surface area contributed by atoms with Crippen molar-refractivity contribution in [3.8, 4) is 0 Å². The average molecular weight is 666 g/mol. The molecule has 4 atom stereocenters. The van der Waals surface area contributed by atoms with E-state index in [1.807, 2.05) is 12.1 Å². The maximum Gasteiger partial charge on any atom is 0.261 e. The summed E-state index contributed by atoms with van der Waals surface area (Å²) in [5.74, 6) is 0. The van der Waals surface area contributed by atoms with Crippen LogP contribution < -0.4 is 10.4 Å². The third-order valence-corrected chi connectivity index (χ3v) is 11.3. The van der Waals surface area contributed by atoms with Gasteiger partial charge in [-0.25, -0.2) is 0 Å². The predicted octanol–water partition coefficient (Wildman–Crippen LogP) is 2.27. The van der Waals surface area contributed by atoms with Crippen molar-refractivity contribution in [2.45, 2.75) is 49.7 Å². The van der Waals surface area contributed by atoms with Crippen LogP contribution in [0, 0.1) is 37.7 Å². The maximum absolute atomic E-state index is 10.9. The van der Waals surface area contributed by atoms with Gasteiger partial charge in [0.25, 0.3) is 8.32 Å². The van der Waals surface area contributed by atoms with Gasteiger partial charge < -0.3 is 23.7 Å². The first-order valence-corrected chi connectivity index (χ1v) is 12.3. The SMILES string of the molecule is COC[C@H]1O[C@H]2[CH-]O[C@]1(CO[Si](c1ccccc1)(c1ccccc1)C(C)(C)C)[C@H]2O.[U]. The van der Waals surface area contributed by atoms with Gasteiger partial charge in [-0.15, -0.1) is 0 Å². The zero-order chi connectivity index (χ0) is 21.4. The fourth-order valence-electron chi connectivity index (χ4n) is 4.82. The molecule has 2 fully saturated rings. The van der Waals surface area contributed by atoms with Gasteiger partial charge in [-0.05, 0) is 21.5 Å². The van der Waals surface area contributed by atoms with Gasteiger partial charge in [0.1, 0.15) is 11.7 Å². The van der Waals surface area contributed by atoms with Gasteiger partial charge in [-0.2, -0.15) is 6.61 Å².